The fourth-order valence-corrected chi connectivity index (χ4v) is 4.09. The van der Waals surface area contributed by atoms with E-state index in [2.05, 4.69) is 15.5 Å². The molecule has 2 aromatic carbocycles. The van der Waals surface area contributed by atoms with Crippen molar-refractivity contribution in [1.29, 1.82) is 0 Å². The smallest absolute Gasteiger partial charge is 0.322 e. The fourth-order valence-electron chi connectivity index (χ4n) is 2.85. The number of hydrogen-bond acceptors (Lipinski definition) is 8. The number of aromatic nitrogens is 2. The Labute approximate surface area is 186 Å². The summed E-state index contributed by atoms with van der Waals surface area (Å²) in [5.41, 5.74) is 1.54. The van der Waals surface area contributed by atoms with E-state index in [-0.39, 0.29) is 29.0 Å². The van der Waals surface area contributed by atoms with Crippen LogP contribution in [0, 0.1) is 6.92 Å². The van der Waals surface area contributed by atoms with Crippen LogP contribution in [0.3, 0.4) is 0 Å². The largest absolute Gasteiger partial charge is 0.490 e. The number of nitrogens with zero attached hydrogens (tertiary/aromatic N) is 2. The lowest BCUT2D eigenvalue weighted by molar-refractivity contribution is -0.115. The maximum Gasteiger partial charge on any atom is 0.322 e. The maximum atomic E-state index is 12.4. The molecule has 3 aromatic rings. The van der Waals surface area contributed by atoms with Gasteiger partial charge in [0.15, 0.2) is 21.3 Å². The van der Waals surface area contributed by atoms with Crippen molar-refractivity contribution in [2.45, 2.75) is 32.1 Å². The summed E-state index contributed by atoms with van der Waals surface area (Å²) in [5, 5.41) is 10.2. The van der Waals surface area contributed by atoms with Gasteiger partial charge in [-0.1, -0.05) is 22.8 Å². The van der Waals surface area contributed by atoms with Gasteiger partial charge in [0.25, 0.3) is 0 Å². The first-order valence-electron chi connectivity index (χ1n) is 10.1. The van der Waals surface area contributed by atoms with E-state index in [0.717, 1.165) is 5.56 Å². The van der Waals surface area contributed by atoms with Crippen LogP contribution in [-0.2, 0) is 14.6 Å². The van der Waals surface area contributed by atoms with Crippen molar-refractivity contribution in [3.63, 3.8) is 0 Å². The highest BCUT2D eigenvalue weighted by atomic mass is 32.2. The van der Waals surface area contributed by atoms with Crippen LogP contribution < -0.4 is 14.8 Å². The third-order valence-corrected chi connectivity index (χ3v) is 6.17. The Hall–Kier alpha value is -3.40. The monoisotopic (exact) mass is 459 g/mol. The van der Waals surface area contributed by atoms with Crippen molar-refractivity contribution in [2.75, 3.05) is 24.3 Å². The summed E-state index contributed by atoms with van der Waals surface area (Å²) in [6, 6.07) is 11.5. The number of carbonyl (C=O) groups excluding carboxylic acids is 1. The van der Waals surface area contributed by atoms with Crippen molar-refractivity contribution in [2.24, 2.45) is 0 Å². The highest BCUT2D eigenvalue weighted by Gasteiger charge is 2.18. The topological polar surface area (TPSA) is 121 Å². The normalized spacial score (nSPS) is 11.2. The van der Waals surface area contributed by atoms with Crippen LogP contribution in [0.15, 0.2) is 51.8 Å². The van der Waals surface area contributed by atoms with Gasteiger partial charge in [0.05, 0.1) is 23.9 Å². The summed E-state index contributed by atoms with van der Waals surface area (Å²) in [5.74, 6) is 0.437. The second kappa shape index (κ2) is 10.3. The first-order chi connectivity index (χ1) is 15.3. The Balaban J connectivity index is 1.64. The molecule has 0 radical (unpaired) electrons. The molecule has 0 bridgehead atoms. The van der Waals surface area contributed by atoms with Gasteiger partial charge in [-0.3, -0.25) is 10.1 Å². The van der Waals surface area contributed by atoms with Crippen LogP contribution in [0.5, 0.6) is 11.5 Å². The molecular formula is C22H25N3O6S. The number of rotatable bonds is 10. The number of carbonyl (C=O) groups is 1. The molecule has 0 atom stereocenters. The van der Waals surface area contributed by atoms with Crippen molar-refractivity contribution < 1.29 is 27.1 Å². The van der Waals surface area contributed by atoms with Crippen LogP contribution in [0.1, 0.15) is 25.8 Å². The minimum absolute atomic E-state index is 0.121. The summed E-state index contributed by atoms with van der Waals surface area (Å²) in [4.78, 5) is 12.4. The van der Waals surface area contributed by atoms with Crippen LogP contribution in [-0.4, -0.2) is 43.5 Å². The van der Waals surface area contributed by atoms with E-state index in [1.807, 2.05) is 20.8 Å². The molecule has 0 spiro atoms. The van der Waals surface area contributed by atoms with Crippen LogP contribution >= 0.6 is 0 Å². The van der Waals surface area contributed by atoms with Crippen molar-refractivity contribution in [1.82, 2.24) is 10.2 Å². The predicted molar refractivity (Wildman–Crippen MR) is 119 cm³/mol. The quantitative estimate of drug-likeness (QED) is 0.488. The Morgan fingerprint density at radius 1 is 1.00 bits per heavy atom. The van der Waals surface area contributed by atoms with E-state index in [0.29, 0.717) is 30.3 Å². The molecule has 1 N–H and O–H groups in total. The number of hydrogen-bond donors (Lipinski definition) is 1. The van der Waals surface area contributed by atoms with Crippen LogP contribution in [0.2, 0.25) is 0 Å². The molecule has 0 aliphatic heterocycles. The first kappa shape index (κ1) is 23.3. The van der Waals surface area contributed by atoms with Crippen molar-refractivity contribution >= 4 is 21.8 Å². The molecular weight excluding hydrogens is 434 g/mol. The first-order valence-corrected chi connectivity index (χ1v) is 11.8. The van der Waals surface area contributed by atoms with E-state index in [4.69, 9.17) is 13.9 Å². The van der Waals surface area contributed by atoms with E-state index >= 15 is 0 Å². The molecule has 0 fully saturated rings. The van der Waals surface area contributed by atoms with Gasteiger partial charge in [-0.15, -0.1) is 5.10 Å². The third-order valence-electron chi connectivity index (χ3n) is 4.44. The zero-order valence-electron chi connectivity index (χ0n) is 18.1. The van der Waals surface area contributed by atoms with Crippen LogP contribution in [0.25, 0.3) is 11.5 Å². The lowest BCUT2D eigenvalue weighted by Crippen LogP contribution is -2.17. The zero-order chi connectivity index (χ0) is 23.1. The van der Waals surface area contributed by atoms with Gasteiger partial charge in [0.2, 0.25) is 11.8 Å². The van der Waals surface area contributed by atoms with Gasteiger partial charge in [0, 0.05) is 12.0 Å². The van der Waals surface area contributed by atoms with Gasteiger partial charge in [-0.2, -0.15) is 0 Å². The number of ether oxygens (including phenoxy) is 2. The van der Waals surface area contributed by atoms with E-state index in [1.54, 1.807) is 30.3 Å². The summed E-state index contributed by atoms with van der Waals surface area (Å²) < 4.78 is 41.4. The van der Waals surface area contributed by atoms with Gasteiger partial charge < -0.3 is 13.9 Å². The van der Waals surface area contributed by atoms with Gasteiger partial charge in [-0.25, -0.2) is 8.42 Å². The minimum Gasteiger partial charge on any atom is -0.490 e. The molecule has 10 heteroatoms. The van der Waals surface area contributed by atoms with Gasteiger partial charge >= 0.3 is 6.01 Å². The zero-order valence-corrected chi connectivity index (χ0v) is 18.9. The van der Waals surface area contributed by atoms with Crippen molar-refractivity contribution in [3.05, 3.63) is 48.0 Å². The fraction of sp³-hybridized carbons (Fsp3) is 0.318. The Morgan fingerprint density at radius 2 is 1.69 bits per heavy atom. The third kappa shape index (κ3) is 5.85. The summed E-state index contributed by atoms with van der Waals surface area (Å²) in [6.45, 7) is 6.56. The Bertz CT molecular complexity index is 1170. The number of sulfone groups is 1. The lowest BCUT2D eigenvalue weighted by Gasteiger charge is -2.11. The number of aryl methyl sites for hydroxylation is 1. The number of anilines is 1. The molecule has 1 amide bonds. The summed E-state index contributed by atoms with van der Waals surface area (Å²) in [7, 11) is -3.57. The van der Waals surface area contributed by atoms with Gasteiger partial charge in [0.1, 0.15) is 0 Å². The van der Waals surface area contributed by atoms with E-state index in [1.165, 1.54) is 12.1 Å². The Morgan fingerprint density at radius 3 is 2.38 bits per heavy atom. The average Bonchev–Trinajstić information content (AvgIpc) is 3.23. The van der Waals surface area contributed by atoms with Crippen molar-refractivity contribution in [3.8, 4) is 23.0 Å². The maximum absolute atomic E-state index is 12.4. The highest BCUT2D eigenvalue weighted by Crippen LogP contribution is 2.32. The number of amides is 1. The molecule has 9 nitrogen and oxygen atoms in total. The molecule has 32 heavy (non-hydrogen) atoms. The molecule has 170 valence electrons. The standard InChI is InChI=1S/C22H25N3O6S/c1-4-29-18-11-8-16(14-19(18)30-5-2)21-24-25-22(31-21)23-20(26)12-13-32(27,28)17-9-6-15(3)7-10-17/h6-11,14H,4-5,12-13H2,1-3H3,(H,23,25,26). The number of benzene rings is 2. The second-order valence-electron chi connectivity index (χ2n) is 6.87. The molecule has 0 aliphatic carbocycles. The number of nitrogens with one attached hydrogen (secondary N) is 1. The summed E-state index contributed by atoms with van der Waals surface area (Å²) in [6.07, 6.45) is -0.245. The highest BCUT2D eigenvalue weighted by molar-refractivity contribution is 7.91. The van der Waals surface area contributed by atoms with Crippen LogP contribution in [0.4, 0.5) is 6.01 Å². The Kier molecular flexibility index (Phi) is 7.47. The molecule has 3 rings (SSSR count). The predicted octanol–water partition coefficient (Wildman–Crippen LogP) is 3.64. The molecule has 0 aliphatic rings. The summed E-state index contributed by atoms with van der Waals surface area (Å²) >= 11 is 0. The molecule has 1 heterocycles. The molecule has 1 aromatic heterocycles. The molecule has 0 saturated carbocycles. The molecule has 0 unspecified atom stereocenters. The molecule has 0 saturated heterocycles. The SMILES string of the molecule is CCOc1ccc(-c2nnc(NC(=O)CCS(=O)(=O)c3ccc(C)cc3)o2)cc1OCC. The van der Waals surface area contributed by atoms with E-state index < -0.39 is 15.7 Å². The van der Waals surface area contributed by atoms with Gasteiger partial charge in [-0.05, 0) is 51.1 Å². The second-order valence-corrected chi connectivity index (χ2v) is 8.98. The van der Waals surface area contributed by atoms with E-state index in [9.17, 15) is 13.2 Å². The lowest BCUT2D eigenvalue weighted by atomic mass is 10.2. The minimum atomic E-state index is -3.57. The average molecular weight is 460 g/mol.